The number of urea groups is 1. The summed E-state index contributed by atoms with van der Waals surface area (Å²) in [6.07, 6.45) is 2.86. The molecular weight excluding hydrogens is 436 g/mol. The summed E-state index contributed by atoms with van der Waals surface area (Å²) in [5.41, 5.74) is 5.83. The van der Waals surface area contributed by atoms with Gasteiger partial charge >= 0.3 is 11.7 Å². The van der Waals surface area contributed by atoms with Crippen molar-refractivity contribution in [1.82, 2.24) is 14.0 Å². The Hall–Kier alpha value is -2.21. The van der Waals surface area contributed by atoms with E-state index in [1.165, 1.54) is 35.0 Å². The molecule has 3 heterocycles. The van der Waals surface area contributed by atoms with Crippen LogP contribution in [0.1, 0.15) is 42.2 Å². The van der Waals surface area contributed by atoms with E-state index in [1.54, 1.807) is 4.57 Å². The molecule has 2 aromatic rings. The van der Waals surface area contributed by atoms with E-state index in [9.17, 15) is 14.4 Å². The van der Waals surface area contributed by atoms with E-state index >= 15 is 0 Å². The Labute approximate surface area is 189 Å². The average Bonchev–Trinajstić information content (AvgIpc) is 3.35. The molecule has 1 aliphatic carbocycles. The maximum Gasteiger partial charge on any atom is 0.332 e. The number of carbonyl (C=O) groups excluding carboxylic acids is 1. The van der Waals surface area contributed by atoms with E-state index in [0.717, 1.165) is 36.1 Å². The Kier molecular flexibility index (Phi) is 6.70. The molecular formula is C21H30N4O6S. The van der Waals surface area contributed by atoms with Gasteiger partial charge in [0.15, 0.2) is 6.29 Å². The lowest BCUT2D eigenvalue weighted by Gasteiger charge is -2.24. The number of fused-ring (bicyclic) bond motifs is 1. The number of rotatable bonds is 9. The number of methoxy groups -OCH3 is 2. The lowest BCUT2D eigenvalue weighted by Crippen LogP contribution is -2.41. The number of ether oxygens (including phenoxy) is 3. The van der Waals surface area contributed by atoms with Gasteiger partial charge in [0, 0.05) is 31.7 Å². The summed E-state index contributed by atoms with van der Waals surface area (Å²) in [5.74, 6) is 0. The second-order valence-electron chi connectivity index (χ2n) is 8.38. The highest BCUT2D eigenvalue weighted by molar-refractivity contribution is 7.18. The van der Waals surface area contributed by atoms with Crippen LogP contribution in [0.25, 0.3) is 10.2 Å². The predicted molar refractivity (Wildman–Crippen MR) is 120 cm³/mol. The van der Waals surface area contributed by atoms with E-state index in [-0.39, 0.29) is 36.5 Å². The van der Waals surface area contributed by atoms with Crippen LogP contribution in [-0.4, -0.2) is 59.8 Å². The Morgan fingerprint density at radius 3 is 2.56 bits per heavy atom. The SMILES string of the molecule is COC(CN(Cc1sc2c(c1C)c(=O)n(C1CC1)c(=O)n2CC1CCCO1)C(N)=O)OC. The van der Waals surface area contributed by atoms with E-state index in [0.29, 0.717) is 23.4 Å². The van der Waals surface area contributed by atoms with Crippen LogP contribution in [0.3, 0.4) is 0 Å². The van der Waals surface area contributed by atoms with Crippen molar-refractivity contribution in [2.45, 2.75) is 64.1 Å². The zero-order valence-corrected chi connectivity index (χ0v) is 19.5. The number of primary amides is 1. The van der Waals surface area contributed by atoms with Crippen molar-refractivity contribution < 1.29 is 19.0 Å². The van der Waals surface area contributed by atoms with Crippen molar-refractivity contribution in [3.63, 3.8) is 0 Å². The standard InChI is InChI=1S/C21H30N4O6S/c1-12-15(10-23(20(22)27)11-16(29-2)30-3)32-19-17(12)18(26)25(13-6-7-13)21(28)24(19)9-14-5-4-8-31-14/h13-14,16H,4-11H2,1-3H3,(H2,22,27). The van der Waals surface area contributed by atoms with E-state index in [1.807, 2.05) is 6.92 Å². The van der Waals surface area contributed by atoms with Crippen molar-refractivity contribution >= 4 is 27.6 Å². The Morgan fingerprint density at radius 2 is 2.00 bits per heavy atom. The molecule has 4 rings (SSSR count). The van der Waals surface area contributed by atoms with E-state index in [4.69, 9.17) is 19.9 Å². The number of amides is 2. The third-order valence-electron chi connectivity index (χ3n) is 6.21. The molecule has 10 nitrogen and oxygen atoms in total. The van der Waals surface area contributed by atoms with E-state index in [2.05, 4.69) is 0 Å². The summed E-state index contributed by atoms with van der Waals surface area (Å²) in [4.78, 5) is 41.5. The quantitative estimate of drug-likeness (QED) is 0.560. The molecule has 0 aromatic carbocycles. The van der Waals surface area contributed by atoms with Gasteiger partial charge in [-0.15, -0.1) is 11.3 Å². The second-order valence-corrected chi connectivity index (χ2v) is 9.47. The van der Waals surface area contributed by atoms with Gasteiger partial charge in [-0.2, -0.15) is 0 Å². The van der Waals surface area contributed by atoms with Crippen LogP contribution < -0.4 is 17.0 Å². The highest BCUT2D eigenvalue weighted by Crippen LogP contribution is 2.35. The van der Waals surface area contributed by atoms with Gasteiger partial charge in [-0.3, -0.25) is 13.9 Å². The van der Waals surface area contributed by atoms with Crippen LogP contribution in [0.2, 0.25) is 0 Å². The van der Waals surface area contributed by atoms with Gasteiger partial charge < -0.3 is 24.8 Å². The molecule has 2 aliphatic rings. The lowest BCUT2D eigenvalue weighted by molar-refractivity contribution is -0.111. The first-order valence-corrected chi connectivity index (χ1v) is 11.7. The van der Waals surface area contributed by atoms with Gasteiger partial charge in [-0.25, -0.2) is 9.59 Å². The molecule has 1 saturated heterocycles. The molecule has 2 N–H and O–H groups in total. The molecule has 1 atom stereocenters. The van der Waals surface area contributed by atoms with Crippen LogP contribution in [-0.2, 0) is 27.3 Å². The van der Waals surface area contributed by atoms with Gasteiger partial charge in [0.25, 0.3) is 5.56 Å². The smallest absolute Gasteiger partial charge is 0.332 e. The van der Waals surface area contributed by atoms with Crippen LogP contribution >= 0.6 is 11.3 Å². The van der Waals surface area contributed by atoms with Crippen molar-refractivity contribution in [2.24, 2.45) is 5.73 Å². The molecule has 11 heteroatoms. The fourth-order valence-electron chi connectivity index (χ4n) is 4.20. The molecule has 176 valence electrons. The fraction of sp³-hybridized carbons (Fsp3) is 0.667. The zero-order valence-electron chi connectivity index (χ0n) is 18.7. The average molecular weight is 467 g/mol. The summed E-state index contributed by atoms with van der Waals surface area (Å²) in [5, 5.41) is 0.536. The maximum absolute atomic E-state index is 13.3. The highest BCUT2D eigenvalue weighted by Gasteiger charge is 2.31. The highest BCUT2D eigenvalue weighted by atomic mass is 32.1. The monoisotopic (exact) mass is 466 g/mol. The molecule has 2 aromatic heterocycles. The summed E-state index contributed by atoms with van der Waals surface area (Å²) in [7, 11) is 2.98. The summed E-state index contributed by atoms with van der Waals surface area (Å²) in [6, 6.07) is -0.655. The van der Waals surface area contributed by atoms with Crippen molar-refractivity contribution in [3.05, 3.63) is 31.3 Å². The first-order chi connectivity index (χ1) is 15.3. The first kappa shape index (κ1) is 23.0. The van der Waals surface area contributed by atoms with Gasteiger partial charge in [-0.1, -0.05) is 0 Å². The van der Waals surface area contributed by atoms with Crippen molar-refractivity contribution in [2.75, 3.05) is 27.4 Å². The first-order valence-electron chi connectivity index (χ1n) is 10.8. The zero-order chi connectivity index (χ0) is 23.0. The molecule has 1 unspecified atom stereocenters. The molecule has 0 radical (unpaired) electrons. The molecule has 0 spiro atoms. The topological polar surface area (TPSA) is 118 Å². The number of nitrogens with zero attached hydrogens (tertiary/aromatic N) is 3. The molecule has 1 saturated carbocycles. The van der Waals surface area contributed by atoms with Gasteiger partial charge in [0.2, 0.25) is 0 Å². The second kappa shape index (κ2) is 9.34. The van der Waals surface area contributed by atoms with Crippen molar-refractivity contribution in [3.8, 4) is 0 Å². The molecule has 0 bridgehead atoms. The number of aryl methyl sites for hydroxylation is 1. The van der Waals surface area contributed by atoms with Crippen LogP contribution in [0.15, 0.2) is 9.59 Å². The minimum atomic E-state index is -0.623. The van der Waals surface area contributed by atoms with E-state index < -0.39 is 12.3 Å². The van der Waals surface area contributed by atoms with Gasteiger partial charge in [0.05, 0.1) is 31.1 Å². The third kappa shape index (κ3) is 4.34. The number of nitrogens with two attached hydrogens (primary N) is 1. The largest absolute Gasteiger partial charge is 0.376 e. The molecule has 32 heavy (non-hydrogen) atoms. The fourth-order valence-corrected chi connectivity index (χ4v) is 5.51. The number of aromatic nitrogens is 2. The number of carbonyl (C=O) groups is 1. The van der Waals surface area contributed by atoms with Crippen LogP contribution in [0.4, 0.5) is 4.79 Å². The lowest BCUT2D eigenvalue weighted by atomic mass is 10.2. The van der Waals surface area contributed by atoms with Crippen LogP contribution in [0.5, 0.6) is 0 Å². The maximum atomic E-state index is 13.3. The minimum absolute atomic E-state index is 0.0378. The number of thiophene rings is 1. The number of hydrogen-bond acceptors (Lipinski definition) is 7. The molecule has 2 amide bonds. The van der Waals surface area contributed by atoms with Gasteiger partial charge in [0.1, 0.15) is 4.83 Å². The van der Waals surface area contributed by atoms with Crippen LogP contribution in [0, 0.1) is 6.92 Å². The summed E-state index contributed by atoms with van der Waals surface area (Å²) >= 11 is 1.35. The summed E-state index contributed by atoms with van der Waals surface area (Å²) in [6.45, 7) is 3.30. The predicted octanol–water partition coefficient (Wildman–Crippen LogP) is 1.55. The van der Waals surface area contributed by atoms with Gasteiger partial charge in [-0.05, 0) is 38.2 Å². The minimum Gasteiger partial charge on any atom is -0.376 e. The Morgan fingerprint density at radius 1 is 1.28 bits per heavy atom. The summed E-state index contributed by atoms with van der Waals surface area (Å²) < 4.78 is 19.3. The molecule has 2 fully saturated rings. The van der Waals surface area contributed by atoms with Crippen molar-refractivity contribution in [1.29, 1.82) is 0 Å². The Bertz CT molecular complexity index is 1110. The third-order valence-corrected chi connectivity index (χ3v) is 7.50. The Balaban J connectivity index is 1.79. The molecule has 1 aliphatic heterocycles. The number of hydrogen-bond donors (Lipinski definition) is 1. The normalized spacial score (nSPS) is 18.7.